The second-order valence-corrected chi connectivity index (χ2v) is 4.91. The van der Waals surface area contributed by atoms with E-state index in [1.54, 1.807) is 18.2 Å². The van der Waals surface area contributed by atoms with Gasteiger partial charge >= 0.3 is 10.4 Å². The van der Waals surface area contributed by atoms with Crippen LogP contribution in [-0.4, -0.2) is 13.6 Å². The number of nitrogens with zero attached hydrogens (tertiary/aromatic N) is 1. The Morgan fingerprint density at radius 2 is 2.12 bits per heavy atom. The molecule has 0 radical (unpaired) electrons. The molecule has 1 fully saturated rings. The molecule has 0 saturated carbocycles. The van der Waals surface area contributed by atoms with Crippen molar-refractivity contribution in [2.75, 3.05) is 0 Å². The van der Waals surface area contributed by atoms with E-state index in [4.69, 9.17) is 23.2 Å². The predicted octanol–water partition coefficient (Wildman–Crippen LogP) is 1.42. The molecule has 1 N–H and O–H groups in total. The lowest BCUT2D eigenvalue weighted by Crippen LogP contribution is -2.28. The zero-order chi connectivity index (χ0) is 11.8. The molecule has 2 rings (SSSR count). The van der Waals surface area contributed by atoms with E-state index in [2.05, 4.69) is 14.2 Å². The molecule has 88 valence electrons. The summed E-state index contributed by atoms with van der Waals surface area (Å²) in [5.74, 6) is 0. The molecule has 1 aromatic carbocycles. The molecular formula is C7H6Cl2N2O4S. The van der Waals surface area contributed by atoms with Crippen LogP contribution in [-0.2, 0) is 25.5 Å². The zero-order valence-electron chi connectivity index (χ0n) is 7.68. The second kappa shape index (κ2) is 4.46. The van der Waals surface area contributed by atoms with Crippen LogP contribution in [0.4, 0.5) is 0 Å². The number of halogens is 2. The Labute approximate surface area is 102 Å². The van der Waals surface area contributed by atoms with Crippen LogP contribution in [0.2, 0.25) is 10.0 Å². The van der Waals surface area contributed by atoms with Gasteiger partial charge in [0.15, 0.2) is 0 Å². The SMILES string of the molecule is O=S1(=O)ONN(Cc2ccc(Cl)cc2Cl)O1. The summed E-state index contributed by atoms with van der Waals surface area (Å²) < 4.78 is 30.1. The van der Waals surface area contributed by atoms with Gasteiger partial charge in [-0.15, -0.1) is 8.57 Å². The van der Waals surface area contributed by atoms with E-state index >= 15 is 0 Å². The van der Waals surface area contributed by atoms with Gasteiger partial charge in [-0.05, 0) is 17.7 Å². The predicted molar refractivity (Wildman–Crippen MR) is 56.2 cm³/mol. The van der Waals surface area contributed by atoms with Crippen molar-refractivity contribution in [3.63, 3.8) is 0 Å². The molecule has 0 aromatic heterocycles. The molecule has 0 amide bonds. The van der Waals surface area contributed by atoms with Crippen molar-refractivity contribution in [2.45, 2.75) is 6.54 Å². The zero-order valence-corrected chi connectivity index (χ0v) is 10.0. The summed E-state index contributed by atoms with van der Waals surface area (Å²) in [6, 6.07) is 4.83. The summed E-state index contributed by atoms with van der Waals surface area (Å²) in [4.78, 5) is 0. The third-order valence-corrected chi connectivity index (χ3v) is 2.98. The summed E-state index contributed by atoms with van der Waals surface area (Å²) >= 11 is 11.6. The van der Waals surface area contributed by atoms with Gasteiger partial charge in [-0.25, -0.2) is 0 Å². The standard InChI is InChI=1S/C7H6Cl2N2O4S/c8-6-2-1-5(7(9)3-6)4-11-10-14-16(12,13)15-11/h1-3,10H,4H2. The average molecular weight is 285 g/mol. The van der Waals surface area contributed by atoms with Crippen LogP contribution in [0, 0.1) is 0 Å². The molecule has 0 unspecified atom stereocenters. The third-order valence-electron chi connectivity index (χ3n) is 1.75. The molecule has 1 saturated heterocycles. The molecule has 1 aliphatic heterocycles. The molecule has 1 heterocycles. The van der Waals surface area contributed by atoms with E-state index in [1.165, 1.54) is 0 Å². The Bertz CT molecular complexity index is 507. The minimum atomic E-state index is -3.99. The highest BCUT2D eigenvalue weighted by atomic mass is 35.5. The third kappa shape index (κ3) is 2.83. The van der Waals surface area contributed by atoms with Gasteiger partial charge in [0.25, 0.3) is 0 Å². The monoisotopic (exact) mass is 284 g/mol. The van der Waals surface area contributed by atoms with Crippen molar-refractivity contribution in [1.82, 2.24) is 10.8 Å². The van der Waals surface area contributed by atoms with Crippen molar-refractivity contribution in [1.29, 1.82) is 0 Å². The first-order chi connectivity index (χ1) is 7.46. The van der Waals surface area contributed by atoms with Gasteiger partial charge in [0.2, 0.25) is 0 Å². The highest BCUT2D eigenvalue weighted by molar-refractivity contribution is 7.81. The Kier molecular flexibility index (Phi) is 3.36. The number of hydrogen-bond donors (Lipinski definition) is 1. The summed E-state index contributed by atoms with van der Waals surface area (Å²) in [6.07, 6.45) is 0. The Morgan fingerprint density at radius 1 is 1.38 bits per heavy atom. The van der Waals surface area contributed by atoms with Crippen molar-refractivity contribution in [3.05, 3.63) is 33.8 Å². The summed E-state index contributed by atoms with van der Waals surface area (Å²) in [7, 11) is -3.99. The molecule has 9 heteroatoms. The lowest BCUT2D eigenvalue weighted by Gasteiger charge is -2.10. The Hall–Kier alpha value is -0.410. The molecule has 1 aliphatic rings. The Morgan fingerprint density at radius 3 is 2.69 bits per heavy atom. The van der Waals surface area contributed by atoms with Gasteiger partial charge in [-0.1, -0.05) is 40.0 Å². The lowest BCUT2D eigenvalue weighted by molar-refractivity contribution is -0.121. The maximum atomic E-state index is 10.8. The van der Waals surface area contributed by atoms with Gasteiger partial charge in [0.05, 0.1) is 6.54 Å². The fourth-order valence-electron chi connectivity index (χ4n) is 1.09. The van der Waals surface area contributed by atoms with E-state index in [-0.39, 0.29) is 6.54 Å². The van der Waals surface area contributed by atoms with E-state index in [0.717, 1.165) is 5.17 Å². The first-order valence-electron chi connectivity index (χ1n) is 4.06. The normalized spacial score (nSPS) is 20.1. The van der Waals surface area contributed by atoms with Gasteiger partial charge in [-0.2, -0.15) is 8.42 Å². The van der Waals surface area contributed by atoms with Crippen molar-refractivity contribution < 1.29 is 17.0 Å². The van der Waals surface area contributed by atoms with Crippen LogP contribution in [0.25, 0.3) is 0 Å². The highest BCUT2D eigenvalue weighted by Crippen LogP contribution is 2.23. The fourth-order valence-corrected chi connectivity index (χ4v) is 2.07. The minimum absolute atomic E-state index is 0.0925. The molecular weight excluding hydrogens is 279 g/mol. The van der Waals surface area contributed by atoms with Crippen LogP contribution in [0.5, 0.6) is 0 Å². The molecule has 0 bridgehead atoms. The minimum Gasteiger partial charge on any atom is -0.166 e. The van der Waals surface area contributed by atoms with E-state index in [0.29, 0.717) is 15.6 Å². The second-order valence-electron chi connectivity index (χ2n) is 2.93. The molecule has 16 heavy (non-hydrogen) atoms. The molecule has 6 nitrogen and oxygen atoms in total. The lowest BCUT2D eigenvalue weighted by atomic mass is 10.2. The van der Waals surface area contributed by atoms with Crippen LogP contribution >= 0.6 is 23.2 Å². The fraction of sp³-hybridized carbons (Fsp3) is 0.143. The first kappa shape index (κ1) is 12.1. The number of hydrazine groups is 1. The highest BCUT2D eigenvalue weighted by Gasteiger charge is 2.28. The average Bonchev–Trinajstić information content (AvgIpc) is 2.51. The quantitative estimate of drug-likeness (QED) is 0.886. The topological polar surface area (TPSA) is 67.9 Å². The van der Waals surface area contributed by atoms with Gasteiger partial charge in [0.1, 0.15) is 0 Å². The first-order valence-corrected chi connectivity index (χ1v) is 6.15. The van der Waals surface area contributed by atoms with Crippen LogP contribution in [0.15, 0.2) is 18.2 Å². The van der Waals surface area contributed by atoms with Crippen molar-refractivity contribution >= 4 is 33.6 Å². The van der Waals surface area contributed by atoms with E-state index in [1.807, 2.05) is 0 Å². The van der Waals surface area contributed by atoms with Crippen molar-refractivity contribution in [3.8, 4) is 0 Å². The number of nitrogens with one attached hydrogen (secondary N) is 1. The van der Waals surface area contributed by atoms with Crippen LogP contribution in [0.3, 0.4) is 0 Å². The molecule has 0 aliphatic carbocycles. The van der Waals surface area contributed by atoms with E-state index < -0.39 is 10.4 Å². The number of benzene rings is 1. The molecule has 0 atom stereocenters. The van der Waals surface area contributed by atoms with Crippen LogP contribution in [0.1, 0.15) is 5.56 Å². The number of rotatable bonds is 2. The van der Waals surface area contributed by atoms with Crippen molar-refractivity contribution in [2.24, 2.45) is 0 Å². The van der Waals surface area contributed by atoms with E-state index in [9.17, 15) is 8.42 Å². The van der Waals surface area contributed by atoms with Crippen LogP contribution < -0.4 is 5.59 Å². The smallest absolute Gasteiger partial charge is 0.166 e. The Balaban J connectivity index is 2.11. The van der Waals surface area contributed by atoms with Gasteiger partial charge < -0.3 is 0 Å². The molecule has 0 spiro atoms. The summed E-state index contributed by atoms with van der Waals surface area (Å²) in [5.41, 5.74) is 2.71. The number of hydrogen-bond acceptors (Lipinski definition) is 6. The maximum Gasteiger partial charge on any atom is 0.435 e. The maximum absolute atomic E-state index is 10.8. The van der Waals surface area contributed by atoms with Gasteiger partial charge in [-0.3, -0.25) is 0 Å². The number of hydroxylamine groups is 1. The summed E-state index contributed by atoms with van der Waals surface area (Å²) in [6.45, 7) is 0.0925. The largest absolute Gasteiger partial charge is 0.435 e. The van der Waals surface area contributed by atoms with Gasteiger partial charge in [0, 0.05) is 10.0 Å². The molecule has 1 aromatic rings. The summed E-state index contributed by atoms with van der Waals surface area (Å²) in [5, 5.41) is 1.79.